The predicted molar refractivity (Wildman–Crippen MR) is 79.5 cm³/mol. The first-order chi connectivity index (χ1) is 8.97. The number of Topliss-reactive ketones (excluding diaryl/α,β-unsaturated/α-hetero) is 1. The third-order valence-electron chi connectivity index (χ3n) is 3.03. The normalized spacial score (nSPS) is 11.0. The lowest BCUT2D eigenvalue weighted by Gasteiger charge is -2.05. The molecule has 3 nitrogen and oxygen atoms in total. The van der Waals surface area contributed by atoms with Crippen LogP contribution < -0.4 is 0 Å². The summed E-state index contributed by atoms with van der Waals surface area (Å²) in [5.74, 6) is 0.104. The molecule has 1 aromatic carbocycles. The molecule has 0 aliphatic rings. The van der Waals surface area contributed by atoms with Crippen molar-refractivity contribution in [3.63, 3.8) is 0 Å². The highest BCUT2D eigenvalue weighted by atomic mass is 79.9. The first kappa shape index (κ1) is 14.0. The van der Waals surface area contributed by atoms with E-state index in [4.69, 9.17) is 0 Å². The molecule has 0 radical (unpaired) electrons. The Morgan fingerprint density at radius 3 is 2.74 bits per heavy atom. The van der Waals surface area contributed by atoms with Crippen molar-refractivity contribution in [2.75, 3.05) is 0 Å². The van der Waals surface area contributed by atoms with E-state index in [0.717, 1.165) is 21.3 Å². The molecule has 19 heavy (non-hydrogen) atoms. The van der Waals surface area contributed by atoms with Crippen molar-refractivity contribution in [1.29, 1.82) is 0 Å². The van der Waals surface area contributed by atoms with Crippen LogP contribution in [0.4, 0.5) is 0 Å². The fraction of sp³-hybridized carbons (Fsp3) is 0.333. The van der Waals surface area contributed by atoms with Crippen LogP contribution in [0, 0.1) is 6.92 Å². The predicted octanol–water partition coefficient (Wildman–Crippen LogP) is 3.96. The number of carbonyl (C=O) groups excluding carboxylic acids is 1. The second kappa shape index (κ2) is 5.70. The van der Waals surface area contributed by atoms with Gasteiger partial charge in [0.25, 0.3) is 0 Å². The molecule has 4 heteroatoms. The highest BCUT2D eigenvalue weighted by molar-refractivity contribution is 9.10. The summed E-state index contributed by atoms with van der Waals surface area (Å²) in [6, 6.07) is 7.99. The molecule has 0 fully saturated rings. The number of benzene rings is 1. The molecule has 2 rings (SSSR count). The topological polar surface area (TPSA) is 34.9 Å². The van der Waals surface area contributed by atoms with Crippen LogP contribution in [0.3, 0.4) is 0 Å². The van der Waals surface area contributed by atoms with E-state index in [1.807, 2.05) is 42.1 Å². The van der Waals surface area contributed by atoms with Gasteiger partial charge in [-0.3, -0.25) is 9.48 Å². The first-order valence-electron chi connectivity index (χ1n) is 6.30. The van der Waals surface area contributed by atoms with E-state index in [0.29, 0.717) is 12.5 Å². The summed E-state index contributed by atoms with van der Waals surface area (Å²) in [7, 11) is 0. The molecule has 0 saturated carbocycles. The average molecular weight is 321 g/mol. The average Bonchev–Trinajstić information content (AvgIpc) is 2.80. The second-order valence-electron chi connectivity index (χ2n) is 4.94. The van der Waals surface area contributed by atoms with E-state index in [-0.39, 0.29) is 5.78 Å². The molecule has 0 atom stereocenters. The van der Waals surface area contributed by atoms with E-state index in [1.54, 1.807) is 0 Å². The fourth-order valence-electron chi connectivity index (χ4n) is 1.91. The van der Waals surface area contributed by atoms with Crippen molar-refractivity contribution in [1.82, 2.24) is 9.78 Å². The van der Waals surface area contributed by atoms with Gasteiger partial charge in [0, 0.05) is 22.3 Å². The fourth-order valence-corrected chi connectivity index (χ4v) is 2.27. The molecule has 0 aliphatic carbocycles. The smallest absolute Gasteiger partial charge is 0.169 e. The van der Waals surface area contributed by atoms with Gasteiger partial charge < -0.3 is 0 Å². The number of aromatic nitrogens is 2. The molecule has 0 amide bonds. The minimum Gasteiger partial charge on any atom is -0.294 e. The van der Waals surface area contributed by atoms with Gasteiger partial charge in [-0.15, -0.1) is 0 Å². The lowest BCUT2D eigenvalue weighted by Crippen LogP contribution is -2.08. The van der Waals surface area contributed by atoms with E-state index in [1.165, 1.54) is 0 Å². The minimum absolute atomic E-state index is 0.104. The Morgan fingerprint density at radius 2 is 2.11 bits per heavy atom. The third-order valence-corrected chi connectivity index (χ3v) is 3.53. The Labute approximate surface area is 121 Å². The number of halogens is 1. The van der Waals surface area contributed by atoms with Crippen LogP contribution in [0.2, 0.25) is 0 Å². The molecule has 1 aromatic heterocycles. The molecular formula is C15H17BrN2O. The molecule has 0 spiro atoms. The number of carbonyl (C=O) groups is 1. The van der Waals surface area contributed by atoms with E-state index in [9.17, 15) is 4.79 Å². The maximum atomic E-state index is 12.3. The Morgan fingerprint density at radius 1 is 1.37 bits per heavy atom. The SMILES string of the molecule is Cc1ccc(Br)cc1C(=O)Cc1ccn(C(C)C)n1. The molecule has 0 N–H and O–H groups in total. The van der Waals surface area contributed by atoms with Crippen LogP contribution >= 0.6 is 15.9 Å². The van der Waals surface area contributed by atoms with Crippen LogP contribution in [-0.4, -0.2) is 15.6 Å². The van der Waals surface area contributed by atoms with Crippen LogP contribution in [0.1, 0.15) is 41.5 Å². The van der Waals surface area contributed by atoms with Crippen LogP contribution in [0.25, 0.3) is 0 Å². The lowest BCUT2D eigenvalue weighted by atomic mass is 10.0. The highest BCUT2D eigenvalue weighted by Gasteiger charge is 2.12. The summed E-state index contributed by atoms with van der Waals surface area (Å²) < 4.78 is 2.80. The zero-order valence-corrected chi connectivity index (χ0v) is 12.9. The zero-order valence-electron chi connectivity index (χ0n) is 11.4. The number of rotatable bonds is 4. The van der Waals surface area contributed by atoms with Crippen LogP contribution in [0.15, 0.2) is 34.9 Å². The highest BCUT2D eigenvalue weighted by Crippen LogP contribution is 2.18. The van der Waals surface area contributed by atoms with Crippen molar-refractivity contribution in [2.24, 2.45) is 0 Å². The lowest BCUT2D eigenvalue weighted by molar-refractivity contribution is 0.0991. The number of ketones is 1. The summed E-state index contributed by atoms with van der Waals surface area (Å²) in [5, 5.41) is 4.41. The quantitative estimate of drug-likeness (QED) is 0.799. The molecule has 0 bridgehead atoms. The molecule has 100 valence electrons. The Hall–Kier alpha value is -1.42. The monoisotopic (exact) mass is 320 g/mol. The van der Waals surface area contributed by atoms with E-state index >= 15 is 0 Å². The number of hydrogen-bond acceptors (Lipinski definition) is 2. The number of nitrogens with zero attached hydrogens (tertiary/aromatic N) is 2. The summed E-state index contributed by atoms with van der Waals surface area (Å²) in [6.45, 7) is 6.08. The van der Waals surface area contributed by atoms with Gasteiger partial charge in [0.1, 0.15) is 0 Å². The van der Waals surface area contributed by atoms with Gasteiger partial charge in [0.2, 0.25) is 0 Å². The Kier molecular flexibility index (Phi) is 4.20. The molecule has 0 aliphatic heterocycles. The van der Waals surface area contributed by atoms with Gasteiger partial charge in [0.05, 0.1) is 12.1 Å². The number of hydrogen-bond donors (Lipinski definition) is 0. The van der Waals surface area contributed by atoms with Crippen molar-refractivity contribution in [3.05, 3.63) is 51.8 Å². The molecule has 0 saturated heterocycles. The zero-order chi connectivity index (χ0) is 14.0. The van der Waals surface area contributed by atoms with Crippen LogP contribution in [-0.2, 0) is 6.42 Å². The van der Waals surface area contributed by atoms with Gasteiger partial charge in [-0.1, -0.05) is 22.0 Å². The molecular weight excluding hydrogens is 304 g/mol. The van der Waals surface area contributed by atoms with Gasteiger partial charge in [-0.05, 0) is 44.5 Å². The van der Waals surface area contributed by atoms with Crippen molar-refractivity contribution < 1.29 is 4.79 Å². The van der Waals surface area contributed by atoms with Gasteiger partial charge in [-0.2, -0.15) is 5.10 Å². The molecule has 2 aromatic rings. The molecule has 1 heterocycles. The van der Waals surface area contributed by atoms with Gasteiger partial charge in [0.15, 0.2) is 5.78 Å². The standard InChI is InChI=1S/C15H17BrN2O/c1-10(2)18-7-6-13(17-18)9-15(19)14-8-12(16)5-4-11(14)3/h4-8,10H,9H2,1-3H3. The number of aryl methyl sites for hydroxylation is 1. The van der Waals surface area contributed by atoms with Crippen molar-refractivity contribution in [3.8, 4) is 0 Å². The van der Waals surface area contributed by atoms with Crippen molar-refractivity contribution in [2.45, 2.75) is 33.2 Å². The molecule has 0 unspecified atom stereocenters. The second-order valence-corrected chi connectivity index (χ2v) is 5.86. The summed E-state index contributed by atoms with van der Waals surface area (Å²) in [5.41, 5.74) is 2.57. The summed E-state index contributed by atoms with van der Waals surface area (Å²) >= 11 is 3.40. The van der Waals surface area contributed by atoms with Gasteiger partial charge in [-0.25, -0.2) is 0 Å². The summed E-state index contributed by atoms with van der Waals surface area (Å²) in [6.07, 6.45) is 2.26. The van der Waals surface area contributed by atoms with E-state index < -0.39 is 0 Å². The summed E-state index contributed by atoms with van der Waals surface area (Å²) in [4.78, 5) is 12.3. The first-order valence-corrected chi connectivity index (χ1v) is 7.10. The maximum absolute atomic E-state index is 12.3. The maximum Gasteiger partial charge on any atom is 0.169 e. The van der Waals surface area contributed by atoms with Gasteiger partial charge >= 0.3 is 0 Å². The Balaban J connectivity index is 2.18. The third kappa shape index (κ3) is 3.32. The minimum atomic E-state index is 0.104. The van der Waals surface area contributed by atoms with Crippen molar-refractivity contribution >= 4 is 21.7 Å². The Bertz CT molecular complexity index is 602. The van der Waals surface area contributed by atoms with E-state index in [2.05, 4.69) is 34.9 Å². The van der Waals surface area contributed by atoms with Crippen LogP contribution in [0.5, 0.6) is 0 Å². The largest absolute Gasteiger partial charge is 0.294 e.